The Morgan fingerprint density at radius 2 is 1.88 bits per heavy atom. The number of anilines is 1. The van der Waals surface area contributed by atoms with Crippen LogP contribution in [0.3, 0.4) is 0 Å². The molecule has 0 bridgehead atoms. The molecule has 0 fully saturated rings. The van der Waals surface area contributed by atoms with Gasteiger partial charge in [-0.1, -0.05) is 26.7 Å². The molecule has 0 amide bonds. The maximum Gasteiger partial charge on any atom is 0.287 e. The summed E-state index contributed by atoms with van der Waals surface area (Å²) >= 11 is 0. The van der Waals surface area contributed by atoms with Gasteiger partial charge in [-0.15, -0.1) is 0 Å². The molecule has 2 rings (SSSR count). The van der Waals surface area contributed by atoms with Crippen molar-refractivity contribution in [3.8, 4) is 0 Å². The summed E-state index contributed by atoms with van der Waals surface area (Å²) < 4.78 is 27.2. The molecule has 0 aliphatic heterocycles. The zero-order chi connectivity index (χ0) is 17.6. The third-order valence-corrected chi connectivity index (χ3v) is 3.98. The predicted molar refractivity (Wildman–Crippen MR) is 88.8 cm³/mol. The van der Waals surface area contributed by atoms with E-state index in [1.165, 1.54) is 12.3 Å². The highest BCUT2D eigenvalue weighted by molar-refractivity contribution is 5.32. The van der Waals surface area contributed by atoms with Gasteiger partial charge in [-0.05, 0) is 12.0 Å². The molecule has 0 aromatic carbocycles. The normalized spacial score (nSPS) is 11.8. The van der Waals surface area contributed by atoms with Gasteiger partial charge in [0.15, 0.2) is 0 Å². The van der Waals surface area contributed by atoms with Crippen LogP contribution < -0.4 is 4.90 Å². The Kier molecular flexibility index (Phi) is 6.11. The Balaban J connectivity index is 2.31. The molecule has 0 saturated carbocycles. The summed E-state index contributed by atoms with van der Waals surface area (Å²) in [7, 11) is 0. The fourth-order valence-electron chi connectivity index (χ4n) is 2.43. The summed E-state index contributed by atoms with van der Waals surface area (Å²) in [5.74, 6) is -2.27. The first kappa shape index (κ1) is 18.2. The van der Waals surface area contributed by atoms with Crippen LogP contribution in [0, 0.1) is 5.92 Å². The van der Waals surface area contributed by atoms with E-state index in [9.17, 15) is 8.78 Å². The smallest absolute Gasteiger partial charge is 0.287 e. The molecule has 0 unspecified atom stereocenters. The van der Waals surface area contributed by atoms with Gasteiger partial charge in [0.1, 0.15) is 5.69 Å². The Labute approximate surface area is 141 Å². The van der Waals surface area contributed by atoms with Gasteiger partial charge in [-0.2, -0.15) is 8.78 Å². The van der Waals surface area contributed by atoms with Crippen molar-refractivity contribution >= 4 is 5.95 Å². The van der Waals surface area contributed by atoms with Crippen LogP contribution in [0.1, 0.15) is 45.0 Å². The molecule has 0 spiro atoms. The summed E-state index contributed by atoms with van der Waals surface area (Å²) in [4.78, 5) is 18.5. The number of hydrogen-bond donors (Lipinski definition) is 0. The van der Waals surface area contributed by atoms with Crippen molar-refractivity contribution in [1.29, 1.82) is 0 Å². The van der Waals surface area contributed by atoms with Gasteiger partial charge in [-0.25, -0.2) is 9.97 Å². The number of alkyl halides is 2. The van der Waals surface area contributed by atoms with E-state index in [2.05, 4.69) is 33.8 Å². The van der Waals surface area contributed by atoms with Crippen LogP contribution in [0.15, 0.2) is 30.9 Å². The molecule has 0 aliphatic carbocycles. The van der Waals surface area contributed by atoms with E-state index in [4.69, 9.17) is 0 Å². The molecular formula is C17H23F2N5. The number of halogens is 2. The van der Waals surface area contributed by atoms with Gasteiger partial charge in [0.2, 0.25) is 5.95 Å². The molecule has 130 valence electrons. The average molecular weight is 335 g/mol. The van der Waals surface area contributed by atoms with Crippen molar-refractivity contribution in [1.82, 2.24) is 19.9 Å². The van der Waals surface area contributed by atoms with E-state index in [-0.39, 0.29) is 5.69 Å². The predicted octanol–water partition coefficient (Wildman–Crippen LogP) is 3.82. The Hall–Kier alpha value is -2.18. The number of hydrogen-bond acceptors (Lipinski definition) is 5. The molecule has 0 saturated heterocycles. The monoisotopic (exact) mass is 335 g/mol. The van der Waals surface area contributed by atoms with Crippen molar-refractivity contribution in [2.75, 3.05) is 11.4 Å². The minimum absolute atomic E-state index is 0.277. The first-order chi connectivity index (χ1) is 11.4. The van der Waals surface area contributed by atoms with Gasteiger partial charge in [0.25, 0.3) is 5.92 Å². The van der Waals surface area contributed by atoms with Crippen LogP contribution in [0.4, 0.5) is 14.7 Å². The van der Waals surface area contributed by atoms with Crippen LogP contribution in [0.25, 0.3) is 0 Å². The lowest BCUT2D eigenvalue weighted by atomic mass is 10.0. The second kappa shape index (κ2) is 8.08. The molecule has 24 heavy (non-hydrogen) atoms. The highest BCUT2D eigenvalue weighted by Gasteiger charge is 2.27. The van der Waals surface area contributed by atoms with E-state index >= 15 is 0 Å². The minimum Gasteiger partial charge on any atom is -0.335 e. The van der Waals surface area contributed by atoms with Crippen LogP contribution in [-0.2, 0) is 12.5 Å². The van der Waals surface area contributed by atoms with E-state index in [1.54, 1.807) is 18.6 Å². The third kappa shape index (κ3) is 4.91. The Morgan fingerprint density at radius 3 is 2.46 bits per heavy atom. The van der Waals surface area contributed by atoms with Crippen molar-refractivity contribution in [2.45, 2.75) is 46.1 Å². The molecule has 2 aromatic heterocycles. The summed E-state index contributed by atoms with van der Waals surface area (Å²) in [6.07, 6.45) is 8.25. The summed E-state index contributed by atoms with van der Waals surface area (Å²) in [5.41, 5.74) is 0.474. The van der Waals surface area contributed by atoms with Crippen molar-refractivity contribution in [3.05, 3.63) is 42.2 Å². The zero-order valence-electron chi connectivity index (χ0n) is 14.3. The Morgan fingerprint density at radius 1 is 1.12 bits per heavy atom. The molecule has 0 radical (unpaired) electrons. The largest absolute Gasteiger partial charge is 0.335 e. The highest BCUT2D eigenvalue weighted by Crippen LogP contribution is 2.26. The van der Waals surface area contributed by atoms with Crippen molar-refractivity contribution in [3.63, 3.8) is 0 Å². The summed E-state index contributed by atoms with van der Waals surface area (Å²) in [6.45, 7) is 6.19. The second-order valence-corrected chi connectivity index (χ2v) is 5.89. The molecule has 0 aliphatic rings. The van der Waals surface area contributed by atoms with Gasteiger partial charge in [0, 0.05) is 32.1 Å². The zero-order valence-corrected chi connectivity index (χ0v) is 14.3. The lowest BCUT2D eigenvalue weighted by Crippen LogP contribution is -2.31. The topological polar surface area (TPSA) is 54.8 Å². The van der Waals surface area contributed by atoms with Gasteiger partial charge in [-0.3, -0.25) is 9.97 Å². The van der Waals surface area contributed by atoms with Crippen LogP contribution >= 0.6 is 0 Å². The maximum absolute atomic E-state index is 13.6. The summed E-state index contributed by atoms with van der Waals surface area (Å²) in [6, 6.07) is 1.25. The highest BCUT2D eigenvalue weighted by atomic mass is 19.3. The minimum atomic E-state index is -3.00. The first-order valence-corrected chi connectivity index (χ1v) is 8.15. The number of aromatic nitrogens is 4. The molecule has 0 N–H and O–H groups in total. The maximum atomic E-state index is 13.6. The lowest BCUT2D eigenvalue weighted by molar-refractivity contribution is 0.0127. The third-order valence-electron chi connectivity index (χ3n) is 3.98. The Bertz CT molecular complexity index is 626. The van der Waals surface area contributed by atoms with E-state index in [1.807, 2.05) is 4.90 Å². The molecule has 2 heterocycles. The van der Waals surface area contributed by atoms with Crippen LogP contribution in [0.2, 0.25) is 0 Å². The summed E-state index contributed by atoms with van der Waals surface area (Å²) in [5, 5.41) is 0. The van der Waals surface area contributed by atoms with Crippen LogP contribution in [0.5, 0.6) is 0 Å². The standard InChI is InChI=1S/C17H23F2N5/c1-4-13(5-2)11-24(12-14-10-20-8-9-21-14)16-22-7-6-15(23-16)17(3,18)19/h6-10,13H,4-5,11-12H2,1-3H3. The first-order valence-electron chi connectivity index (χ1n) is 8.15. The van der Waals surface area contributed by atoms with E-state index < -0.39 is 5.92 Å². The number of rotatable bonds is 8. The number of nitrogens with zero attached hydrogens (tertiary/aromatic N) is 5. The molecular weight excluding hydrogens is 312 g/mol. The van der Waals surface area contributed by atoms with Crippen LogP contribution in [-0.4, -0.2) is 26.5 Å². The molecule has 0 atom stereocenters. The van der Waals surface area contributed by atoms with Gasteiger partial charge >= 0.3 is 0 Å². The van der Waals surface area contributed by atoms with Crippen molar-refractivity contribution in [2.24, 2.45) is 5.92 Å². The van der Waals surface area contributed by atoms with Crippen molar-refractivity contribution < 1.29 is 8.78 Å². The quantitative estimate of drug-likeness (QED) is 0.734. The second-order valence-electron chi connectivity index (χ2n) is 5.89. The fraction of sp³-hybridized carbons (Fsp3) is 0.529. The van der Waals surface area contributed by atoms with Gasteiger partial charge in [0.05, 0.1) is 18.4 Å². The molecule has 7 heteroatoms. The van der Waals surface area contributed by atoms with E-state index in [0.717, 1.165) is 25.5 Å². The fourth-order valence-corrected chi connectivity index (χ4v) is 2.43. The van der Waals surface area contributed by atoms with Gasteiger partial charge < -0.3 is 4.90 Å². The van der Waals surface area contributed by atoms with E-state index in [0.29, 0.717) is 25.0 Å². The SMILES string of the molecule is CCC(CC)CN(Cc1cnccn1)c1nccc(C(C)(F)F)n1. The average Bonchev–Trinajstić information content (AvgIpc) is 2.59. The molecule has 5 nitrogen and oxygen atoms in total. The lowest BCUT2D eigenvalue weighted by Gasteiger charge is -2.27. The molecule has 2 aromatic rings.